The Kier molecular flexibility index (Phi) is 6.07. The highest BCUT2D eigenvalue weighted by molar-refractivity contribution is 7.17. The molecule has 1 rings (SSSR count). The molecule has 0 aliphatic heterocycles. The Hall–Kier alpha value is -1.14. The SMILES string of the molecule is COC(=O)c1cnc(NCCCN(C)C(C)C)s1. The first-order chi connectivity index (χ1) is 8.54. The number of ether oxygens (including phenoxy) is 1. The van der Waals surface area contributed by atoms with E-state index >= 15 is 0 Å². The van der Waals surface area contributed by atoms with Crippen molar-refractivity contribution in [3.05, 3.63) is 11.1 Å². The number of carbonyl (C=O) groups is 1. The summed E-state index contributed by atoms with van der Waals surface area (Å²) in [6.45, 7) is 6.25. The van der Waals surface area contributed by atoms with Crippen molar-refractivity contribution < 1.29 is 9.53 Å². The first kappa shape index (κ1) is 14.9. The predicted octanol–water partition coefficient (Wildman–Crippen LogP) is 2.07. The van der Waals surface area contributed by atoms with Crippen LogP contribution in [0.3, 0.4) is 0 Å². The Labute approximate surface area is 112 Å². The summed E-state index contributed by atoms with van der Waals surface area (Å²) in [5.74, 6) is -0.333. The maximum absolute atomic E-state index is 11.2. The maximum Gasteiger partial charge on any atom is 0.349 e. The van der Waals surface area contributed by atoms with Gasteiger partial charge in [-0.2, -0.15) is 0 Å². The molecule has 0 unspecified atom stereocenters. The molecule has 6 heteroatoms. The molecule has 1 N–H and O–H groups in total. The minimum atomic E-state index is -0.333. The second kappa shape index (κ2) is 7.33. The number of nitrogens with zero attached hydrogens (tertiary/aromatic N) is 2. The van der Waals surface area contributed by atoms with E-state index in [1.165, 1.54) is 18.4 Å². The van der Waals surface area contributed by atoms with Gasteiger partial charge < -0.3 is 15.0 Å². The molecule has 0 spiro atoms. The van der Waals surface area contributed by atoms with Crippen molar-refractivity contribution in [2.75, 3.05) is 32.6 Å². The van der Waals surface area contributed by atoms with Crippen LogP contribution in [0.2, 0.25) is 0 Å². The number of carbonyl (C=O) groups excluding carboxylic acids is 1. The molecule has 0 aromatic carbocycles. The van der Waals surface area contributed by atoms with E-state index in [2.05, 4.69) is 40.8 Å². The van der Waals surface area contributed by atoms with Gasteiger partial charge in [-0.15, -0.1) is 0 Å². The first-order valence-electron chi connectivity index (χ1n) is 6.03. The monoisotopic (exact) mass is 271 g/mol. The van der Waals surface area contributed by atoms with E-state index < -0.39 is 0 Å². The zero-order valence-electron chi connectivity index (χ0n) is 11.4. The molecule has 0 saturated heterocycles. The molecule has 0 fully saturated rings. The summed E-state index contributed by atoms with van der Waals surface area (Å²) in [4.78, 5) is 18.2. The molecule has 1 aromatic rings. The number of hydrogen-bond donors (Lipinski definition) is 1. The fraction of sp³-hybridized carbons (Fsp3) is 0.667. The van der Waals surface area contributed by atoms with Gasteiger partial charge in [0, 0.05) is 12.6 Å². The summed E-state index contributed by atoms with van der Waals surface area (Å²) in [7, 11) is 3.49. The lowest BCUT2D eigenvalue weighted by Gasteiger charge is -2.20. The number of hydrogen-bond acceptors (Lipinski definition) is 6. The number of thiazole rings is 1. The van der Waals surface area contributed by atoms with Crippen LogP contribution in [-0.4, -0.2) is 49.1 Å². The van der Waals surface area contributed by atoms with Gasteiger partial charge in [0.05, 0.1) is 13.3 Å². The summed E-state index contributed by atoms with van der Waals surface area (Å²) in [5, 5.41) is 3.98. The van der Waals surface area contributed by atoms with E-state index in [1.807, 2.05) is 0 Å². The summed E-state index contributed by atoms with van der Waals surface area (Å²) in [5.41, 5.74) is 0. The molecule has 0 atom stereocenters. The van der Waals surface area contributed by atoms with Crippen molar-refractivity contribution in [3.63, 3.8) is 0 Å². The van der Waals surface area contributed by atoms with E-state index in [9.17, 15) is 4.79 Å². The van der Waals surface area contributed by atoms with Crippen LogP contribution in [-0.2, 0) is 4.74 Å². The highest BCUT2D eigenvalue weighted by Crippen LogP contribution is 2.18. The average molecular weight is 271 g/mol. The third-order valence-corrected chi connectivity index (χ3v) is 3.67. The number of esters is 1. The van der Waals surface area contributed by atoms with Crippen molar-refractivity contribution in [1.29, 1.82) is 0 Å². The highest BCUT2D eigenvalue weighted by Gasteiger charge is 2.10. The van der Waals surface area contributed by atoms with Crippen LogP contribution in [0.15, 0.2) is 6.20 Å². The molecular weight excluding hydrogens is 250 g/mol. The Morgan fingerprint density at radius 1 is 1.61 bits per heavy atom. The predicted molar refractivity (Wildman–Crippen MR) is 74.3 cm³/mol. The molecule has 102 valence electrons. The summed E-state index contributed by atoms with van der Waals surface area (Å²) < 4.78 is 4.63. The van der Waals surface area contributed by atoms with E-state index in [1.54, 1.807) is 6.20 Å². The first-order valence-corrected chi connectivity index (χ1v) is 6.84. The van der Waals surface area contributed by atoms with Crippen molar-refractivity contribution >= 4 is 22.4 Å². The third-order valence-electron chi connectivity index (χ3n) is 2.74. The average Bonchev–Trinajstić information content (AvgIpc) is 2.81. The van der Waals surface area contributed by atoms with Gasteiger partial charge in [0.15, 0.2) is 5.13 Å². The topological polar surface area (TPSA) is 54.5 Å². The number of nitrogens with one attached hydrogen (secondary N) is 1. The van der Waals surface area contributed by atoms with E-state index in [0.717, 1.165) is 24.6 Å². The van der Waals surface area contributed by atoms with Gasteiger partial charge in [0.2, 0.25) is 0 Å². The molecule has 18 heavy (non-hydrogen) atoms. The number of aromatic nitrogens is 1. The fourth-order valence-corrected chi connectivity index (χ4v) is 2.09. The van der Waals surface area contributed by atoms with E-state index in [-0.39, 0.29) is 5.97 Å². The fourth-order valence-electron chi connectivity index (χ4n) is 1.33. The number of rotatable bonds is 7. The summed E-state index contributed by atoms with van der Waals surface area (Å²) in [6.07, 6.45) is 2.58. The molecule has 5 nitrogen and oxygen atoms in total. The van der Waals surface area contributed by atoms with E-state index in [4.69, 9.17) is 0 Å². The largest absolute Gasteiger partial charge is 0.465 e. The zero-order valence-corrected chi connectivity index (χ0v) is 12.2. The second-order valence-electron chi connectivity index (χ2n) is 4.38. The number of anilines is 1. The van der Waals surface area contributed by atoms with Crippen LogP contribution < -0.4 is 5.32 Å². The Bertz CT molecular complexity index is 379. The minimum Gasteiger partial charge on any atom is -0.465 e. The highest BCUT2D eigenvalue weighted by atomic mass is 32.1. The van der Waals surface area contributed by atoms with Gasteiger partial charge >= 0.3 is 5.97 Å². The molecule has 0 aliphatic rings. The van der Waals surface area contributed by atoms with Gasteiger partial charge in [-0.25, -0.2) is 9.78 Å². The molecule has 0 radical (unpaired) electrons. The van der Waals surface area contributed by atoms with Crippen LogP contribution in [0.25, 0.3) is 0 Å². The van der Waals surface area contributed by atoms with Gasteiger partial charge in [-0.1, -0.05) is 11.3 Å². The Morgan fingerprint density at radius 3 is 2.94 bits per heavy atom. The minimum absolute atomic E-state index is 0.333. The summed E-state index contributed by atoms with van der Waals surface area (Å²) >= 11 is 1.32. The van der Waals surface area contributed by atoms with E-state index in [0.29, 0.717) is 10.9 Å². The standard InChI is InChI=1S/C12H21N3O2S/c1-9(2)15(3)7-5-6-13-12-14-8-10(18-12)11(16)17-4/h8-9H,5-7H2,1-4H3,(H,13,14). The molecule has 0 aliphatic carbocycles. The van der Waals surface area contributed by atoms with Crippen molar-refractivity contribution in [3.8, 4) is 0 Å². The Balaban J connectivity index is 2.27. The van der Waals surface area contributed by atoms with Crippen LogP contribution >= 0.6 is 11.3 Å². The smallest absolute Gasteiger partial charge is 0.349 e. The van der Waals surface area contributed by atoms with Crippen LogP contribution in [0.1, 0.15) is 29.9 Å². The molecule has 1 aromatic heterocycles. The lowest BCUT2D eigenvalue weighted by Crippen LogP contribution is -2.28. The lowest BCUT2D eigenvalue weighted by atomic mass is 10.3. The third kappa shape index (κ3) is 4.62. The van der Waals surface area contributed by atoms with Crippen molar-refractivity contribution in [1.82, 2.24) is 9.88 Å². The second-order valence-corrected chi connectivity index (χ2v) is 5.41. The molecular formula is C12H21N3O2S. The zero-order chi connectivity index (χ0) is 13.5. The van der Waals surface area contributed by atoms with Gasteiger partial charge in [-0.05, 0) is 33.9 Å². The normalized spacial score (nSPS) is 11.0. The number of methoxy groups -OCH3 is 1. The van der Waals surface area contributed by atoms with Gasteiger partial charge in [-0.3, -0.25) is 0 Å². The van der Waals surface area contributed by atoms with Crippen LogP contribution in [0.4, 0.5) is 5.13 Å². The molecule has 1 heterocycles. The molecule has 0 bridgehead atoms. The van der Waals surface area contributed by atoms with Crippen LogP contribution in [0.5, 0.6) is 0 Å². The quantitative estimate of drug-likeness (QED) is 0.608. The molecule has 0 saturated carbocycles. The van der Waals surface area contributed by atoms with Crippen molar-refractivity contribution in [2.24, 2.45) is 0 Å². The summed E-state index contributed by atoms with van der Waals surface area (Å²) in [6, 6.07) is 0.566. The maximum atomic E-state index is 11.2. The Morgan fingerprint density at radius 2 is 2.33 bits per heavy atom. The van der Waals surface area contributed by atoms with Gasteiger partial charge in [0.1, 0.15) is 4.88 Å². The van der Waals surface area contributed by atoms with Gasteiger partial charge in [0.25, 0.3) is 0 Å². The lowest BCUT2D eigenvalue weighted by molar-refractivity contribution is 0.0606. The molecule has 0 amide bonds. The van der Waals surface area contributed by atoms with Crippen molar-refractivity contribution in [2.45, 2.75) is 26.3 Å². The van der Waals surface area contributed by atoms with Crippen LogP contribution in [0, 0.1) is 0 Å².